The van der Waals surface area contributed by atoms with E-state index in [9.17, 15) is 9.18 Å². The number of fused-ring (bicyclic) bond motifs is 1. The van der Waals surface area contributed by atoms with Crippen LogP contribution in [-0.2, 0) is 6.54 Å². The molecule has 2 N–H and O–H groups in total. The van der Waals surface area contributed by atoms with E-state index in [2.05, 4.69) is 0 Å². The van der Waals surface area contributed by atoms with Gasteiger partial charge in [-0.3, -0.25) is 9.69 Å². The summed E-state index contributed by atoms with van der Waals surface area (Å²) in [6.45, 7) is 2.39. The lowest BCUT2D eigenvalue weighted by Crippen LogP contribution is -2.49. The Kier molecular flexibility index (Phi) is 4.03. The van der Waals surface area contributed by atoms with Gasteiger partial charge in [0.1, 0.15) is 6.17 Å². The largest absolute Gasteiger partial charge is 0.325 e. The van der Waals surface area contributed by atoms with Crippen LogP contribution in [0.5, 0.6) is 0 Å². The Morgan fingerprint density at radius 3 is 2.81 bits per heavy atom. The van der Waals surface area contributed by atoms with Crippen molar-refractivity contribution in [2.24, 2.45) is 5.73 Å². The number of alkyl halides is 1. The molecule has 21 heavy (non-hydrogen) atoms. The monoisotopic (exact) mass is 289 g/mol. The summed E-state index contributed by atoms with van der Waals surface area (Å²) in [5.74, 6) is 0. The highest BCUT2D eigenvalue weighted by Gasteiger charge is 2.25. The van der Waals surface area contributed by atoms with Crippen LogP contribution in [0.3, 0.4) is 0 Å². The summed E-state index contributed by atoms with van der Waals surface area (Å²) in [6, 6.07) is 10.9. The molecule has 0 radical (unpaired) electrons. The zero-order chi connectivity index (χ0) is 14.8. The SMILES string of the molecule is NC1CCN(CCn2c(=O)ccc3ccccc32)CC1F. The van der Waals surface area contributed by atoms with Crippen LogP contribution < -0.4 is 11.3 Å². The van der Waals surface area contributed by atoms with E-state index in [0.29, 0.717) is 26.1 Å². The van der Waals surface area contributed by atoms with Crippen LogP contribution in [0.2, 0.25) is 0 Å². The topological polar surface area (TPSA) is 51.3 Å². The number of aromatic nitrogens is 1. The summed E-state index contributed by atoms with van der Waals surface area (Å²) >= 11 is 0. The number of rotatable bonds is 3. The third kappa shape index (κ3) is 2.99. The van der Waals surface area contributed by atoms with Crippen molar-refractivity contribution in [2.75, 3.05) is 19.6 Å². The van der Waals surface area contributed by atoms with Crippen molar-refractivity contribution in [3.8, 4) is 0 Å². The molecule has 1 saturated heterocycles. The highest BCUT2D eigenvalue weighted by Crippen LogP contribution is 2.14. The molecule has 0 bridgehead atoms. The standard InChI is InChI=1S/C16H20FN3O/c17-13-11-19(8-7-14(13)18)9-10-20-15-4-2-1-3-12(15)5-6-16(20)21/h1-6,13-14H,7-11,18H2. The van der Waals surface area contributed by atoms with Gasteiger partial charge in [-0.15, -0.1) is 0 Å². The third-order valence-corrected chi connectivity index (χ3v) is 4.21. The van der Waals surface area contributed by atoms with Gasteiger partial charge in [0.15, 0.2) is 0 Å². The van der Waals surface area contributed by atoms with Crippen molar-refractivity contribution in [1.82, 2.24) is 9.47 Å². The molecule has 0 spiro atoms. The van der Waals surface area contributed by atoms with Gasteiger partial charge in [-0.05, 0) is 30.5 Å². The number of halogens is 1. The molecule has 0 saturated carbocycles. The maximum atomic E-state index is 13.7. The molecule has 0 aliphatic carbocycles. The fraction of sp³-hybridized carbons (Fsp3) is 0.438. The summed E-state index contributed by atoms with van der Waals surface area (Å²) in [6.07, 6.45) is -0.297. The van der Waals surface area contributed by atoms with Crippen molar-refractivity contribution in [3.63, 3.8) is 0 Å². The first-order valence-electron chi connectivity index (χ1n) is 7.36. The van der Waals surface area contributed by atoms with Crippen LogP contribution >= 0.6 is 0 Å². The average Bonchev–Trinajstić information content (AvgIpc) is 2.50. The van der Waals surface area contributed by atoms with Crippen LogP contribution in [0.4, 0.5) is 4.39 Å². The summed E-state index contributed by atoms with van der Waals surface area (Å²) < 4.78 is 15.4. The maximum Gasteiger partial charge on any atom is 0.251 e. The van der Waals surface area contributed by atoms with Crippen LogP contribution in [0.1, 0.15) is 6.42 Å². The van der Waals surface area contributed by atoms with Crippen molar-refractivity contribution < 1.29 is 4.39 Å². The van der Waals surface area contributed by atoms with Crippen molar-refractivity contribution in [1.29, 1.82) is 0 Å². The predicted octanol–water partition coefficient (Wildman–Crippen LogP) is 1.37. The second-order valence-corrected chi connectivity index (χ2v) is 5.65. The molecule has 1 aliphatic rings. The molecule has 0 amide bonds. The summed E-state index contributed by atoms with van der Waals surface area (Å²) in [5.41, 5.74) is 6.60. The number of likely N-dealkylation sites (tertiary alicyclic amines) is 1. The molecule has 2 unspecified atom stereocenters. The number of nitrogens with zero attached hydrogens (tertiary/aromatic N) is 2. The number of piperidine rings is 1. The normalized spacial score (nSPS) is 23.5. The molecule has 2 aromatic rings. The van der Waals surface area contributed by atoms with Gasteiger partial charge in [0.05, 0.1) is 5.52 Å². The zero-order valence-corrected chi connectivity index (χ0v) is 11.9. The lowest BCUT2D eigenvalue weighted by molar-refractivity contribution is 0.116. The van der Waals surface area contributed by atoms with E-state index in [1.54, 1.807) is 10.6 Å². The van der Waals surface area contributed by atoms with Gasteiger partial charge in [0.2, 0.25) is 0 Å². The minimum absolute atomic E-state index is 0.0146. The fourth-order valence-electron chi connectivity index (χ4n) is 2.91. The van der Waals surface area contributed by atoms with Gasteiger partial charge in [-0.25, -0.2) is 4.39 Å². The van der Waals surface area contributed by atoms with Crippen molar-refractivity contribution >= 4 is 10.9 Å². The van der Waals surface area contributed by atoms with E-state index >= 15 is 0 Å². The van der Waals surface area contributed by atoms with Crippen molar-refractivity contribution in [3.05, 3.63) is 46.8 Å². The van der Waals surface area contributed by atoms with Crippen LogP contribution in [0, 0.1) is 0 Å². The van der Waals surface area contributed by atoms with E-state index in [1.807, 2.05) is 35.2 Å². The van der Waals surface area contributed by atoms with E-state index in [4.69, 9.17) is 5.73 Å². The van der Waals surface area contributed by atoms with Gasteiger partial charge in [-0.2, -0.15) is 0 Å². The summed E-state index contributed by atoms with van der Waals surface area (Å²) in [7, 11) is 0. The first kappa shape index (κ1) is 14.2. The molecule has 112 valence electrons. The average molecular weight is 289 g/mol. The molecule has 1 aromatic heterocycles. The number of nitrogens with two attached hydrogens (primary N) is 1. The Balaban J connectivity index is 1.76. The minimum Gasteiger partial charge on any atom is -0.325 e. The maximum absolute atomic E-state index is 13.7. The predicted molar refractivity (Wildman–Crippen MR) is 82.1 cm³/mol. The number of para-hydroxylation sites is 1. The molecular weight excluding hydrogens is 269 g/mol. The fourth-order valence-corrected chi connectivity index (χ4v) is 2.91. The number of hydrogen-bond donors (Lipinski definition) is 1. The number of benzene rings is 1. The number of pyridine rings is 1. The third-order valence-electron chi connectivity index (χ3n) is 4.21. The van der Waals surface area contributed by atoms with Crippen LogP contribution in [0.15, 0.2) is 41.2 Å². The Bertz CT molecular complexity index is 685. The van der Waals surface area contributed by atoms with Crippen LogP contribution in [0.25, 0.3) is 10.9 Å². The Labute approximate surface area is 123 Å². The first-order valence-corrected chi connectivity index (χ1v) is 7.36. The smallest absolute Gasteiger partial charge is 0.251 e. The van der Waals surface area contributed by atoms with Gasteiger partial charge >= 0.3 is 0 Å². The van der Waals surface area contributed by atoms with E-state index in [1.165, 1.54) is 0 Å². The summed E-state index contributed by atoms with van der Waals surface area (Å²) in [4.78, 5) is 14.1. The van der Waals surface area contributed by atoms with Gasteiger partial charge < -0.3 is 10.3 Å². The molecule has 1 fully saturated rings. The van der Waals surface area contributed by atoms with E-state index in [0.717, 1.165) is 17.4 Å². The second kappa shape index (κ2) is 5.95. The molecule has 1 aliphatic heterocycles. The Morgan fingerprint density at radius 2 is 2.00 bits per heavy atom. The molecule has 5 heteroatoms. The Morgan fingerprint density at radius 1 is 1.19 bits per heavy atom. The van der Waals surface area contributed by atoms with Crippen molar-refractivity contribution in [2.45, 2.75) is 25.2 Å². The van der Waals surface area contributed by atoms with Gasteiger partial charge in [0, 0.05) is 31.7 Å². The lowest BCUT2D eigenvalue weighted by Gasteiger charge is -2.32. The quantitative estimate of drug-likeness (QED) is 0.928. The first-order chi connectivity index (χ1) is 10.1. The Hall–Kier alpha value is -1.72. The van der Waals surface area contributed by atoms with Gasteiger partial charge in [-0.1, -0.05) is 18.2 Å². The van der Waals surface area contributed by atoms with E-state index in [-0.39, 0.29) is 11.6 Å². The second-order valence-electron chi connectivity index (χ2n) is 5.65. The highest BCUT2D eigenvalue weighted by atomic mass is 19.1. The molecule has 2 heterocycles. The lowest BCUT2D eigenvalue weighted by atomic mass is 10.0. The molecule has 4 nitrogen and oxygen atoms in total. The van der Waals surface area contributed by atoms with Gasteiger partial charge in [0.25, 0.3) is 5.56 Å². The zero-order valence-electron chi connectivity index (χ0n) is 11.9. The minimum atomic E-state index is -0.969. The summed E-state index contributed by atoms with van der Waals surface area (Å²) in [5, 5.41) is 1.04. The molecule has 3 rings (SSSR count). The number of hydrogen-bond acceptors (Lipinski definition) is 3. The van der Waals surface area contributed by atoms with E-state index < -0.39 is 6.17 Å². The molecule has 1 aromatic carbocycles. The molecule has 2 atom stereocenters. The highest BCUT2D eigenvalue weighted by molar-refractivity contribution is 5.78. The molecular formula is C16H20FN3O. The van der Waals surface area contributed by atoms with Crippen LogP contribution in [-0.4, -0.2) is 41.3 Å².